The summed E-state index contributed by atoms with van der Waals surface area (Å²) in [7, 11) is 4.23. The Kier molecular flexibility index (Phi) is 11.8. The average Bonchev–Trinajstić information content (AvgIpc) is 2.75. The van der Waals surface area contributed by atoms with Crippen molar-refractivity contribution in [3.05, 3.63) is 71.8 Å². The molecule has 0 bridgehead atoms. The number of hydrogen-bond acceptors (Lipinski definition) is 5. The lowest BCUT2D eigenvalue weighted by Gasteiger charge is -2.20. The van der Waals surface area contributed by atoms with Crippen LogP contribution in [0.4, 0.5) is 4.79 Å². The highest BCUT2D eigenvalue weighted by molar-refractivity contribution is 5.60. The fourth-order valence-corrected chi connectivity index (χ4v) is 3.72. The topological polar surface area (TPSA) is 42.0 Å². The lowest BCUT2D eigenvalue weighted by Crippen LogP contribution is -2.24. The van der Waals surface area contributed by atoms with Gasteiger partial charge in [-0.15, -0.1) is 0 Å². The van der Waals surface area contributed by atoms with Crippen molar-refractivity contribution in [3.8, 4) is 0 Å². The Labute approximate surface area is 194 Å². The Balaban J connectivity index is 1.53. The summed E-state index contributed by atoms with van der Waals surface area (Å²) in [6, 6.07) is 20.9. The zero-order valence-electron chi connectivity index (χ0n) is 20.2. The third-order valence-electron chi connectivity index (χ3n) is 5.49. The summed E-state index contributed by atoms with van der Waals surface area (Å²) in [6.07, 6.45) is 2.76. The summed E-state index contributed by atoms with van der Waals surface area (Å²) in [6.45, 7) is 7.64. The first-order chi connectivity index (χ1) is 15.4. The molecular formula is C27H40N2O3. The van der Waals surface area contributed by atoms with Crippen LogP contribution >= 0.6 is 0 Å². The highest BCUT2D eigenvalue weighted by atomic mass is 16.7. The van der Waals surface area contributed by atoms with Crippen LogP contribution in [0.5, 0.6) is 0 Å². The monoisotopic (exact) mass is 440 g/mol. The molecular weight excluding hydrogens is 400 g/mol. The molecule has 0 amide bonds. The molecule has 0 aliphatic heterocycles. The average molecular weight is 441 g/mol. The SMILES string of the molecule is CC(CCCN(C)Cc1ccccc1)OC(=O)OC(C)CCCN(C)Cc1ccccc1. The molecule has 32 heavy (non-hydrogen) atoms. The van der Waals surface area contributed by atoms with Gasteiger partial charge in [-0.05, 0) is 77.8 Å². The number of carbonyl (C=O) groups excluding carboxylic acids is 1. The van der Waals surface area contributed by atoms with E-state index in [1.807, 2.05) is 26.0 Å². The molecule has 0 aliphatic carbocycles. The number of hydrogen-bond donors (Lipinski definition) is 0. The molecule has 0 saturated carbocycles. The van der Waals surface area contributed by atoms with E-state index in [1.54, 1.807) is 0 Å². The molecule has 2 atom stereocenters. The molecule has 0 heterocycles. The van der Waals surface area contributed by atoms with Crippen LogP contribution in [0.15, 0.2) is 60.7 Å². The van der Waals surface area contributed by atoms with E-state index >= 15 is 0 Å². The van der Waals surface area contributed by atoms with Gasteiger partial charge in [0.1, 0.15) is 12.2 Å². The van der Waals surface area contributed by atoms with Gasteiger partial charge in [-0.1, -0.05) is 60.7 Å². The highest BCUT2D eigenvalue weighted by Crippen LogP contribution is 2.10. The van der Waals surface area contributed by atoms with E-state index in [1.165, 1.54) is 11.1 Å². The zero-order valence-corrected chi connectivity index (χ0v) is 20.2. The molecule has 0 aromatic heterocycles. The van der Waals surface area contributed by atoms with Gasteiger partial charge in [0.2, 0.25) is 0 Å². The van der Waals surface area contributed by atoms with Crippen LogP contribution < -0.4 is 0 Å². The number of nitrogens with zero attached hydrogens (tertiary/aromatic N) is 2. The van der Waals surface area contributed by atoms with Crippen LogP contribution in [0.1, 0.15) is 50.7 Å². The Morgan fingerprint density at radius 2 is 1.09 bits per heavy atom. The van der Waals surface area contributed by atoms with Crippen molar-refractivity contribution in [2.75, 3.05) is 27.2 Å². The van der Waals surface area contributed by atoms with Gasteiger partial charge in [-0.2, -0.15) is 0 Å². The van der Waals surface area contributed by atoms with E-state index in [-0.39, 0.29) is 12.2 Å². The summed E-state index contributed by atoms with van der Waals surface area (Å²) in [4.78, 5) is 16.7. The van der Waals surface area contributed by atoms with Crippen LogP contribution in [0.2, 0.25) is 0 Å². The summed E-state index contributed by atoms with van der Waals surface area (Å²) < 4.78 is 10.9. The molecule has 0 saturated heterocycles. The second kappa shape index (κ2) is 14.6. The second-order valence-electron chi connectivity index (χ2n) is 8.84. The maximum Gasteiger partial charge on any atom is 0.508 e. The number of carbonyl (C=O) groups is 1. The third-order valence-corrected chi connectivity index (χ3v) is 5.49. The van der Waals surface area contributed by atoms with Crippen LogP contribution in [-0.2, 0) is 22.6 Å². The van der Waals surface area contributed by atoms with Crippen molar-refractivity contribution < 1.29 is 14.3 Å². The molecule has 5 heteroatoms. The van der Waals surface area contributed by atoms with Crippen molar-refractivity contribution in [1.82, 2.24) is 9.80 Å². The normalized spacial score (nSPS) is 13.2. The molecule has 2 unspecified atom stereocenters. The Morgan fingerprint density at radius 1 is 0.719 bits per heavy atom. The Bertz CT molecular complexity index is 691. The molecule has 5 nitrogen and oxygen atoms in total. The van der Waals surface area contributed by atoms with Gasteiger partial charge in [0.05, 0.1) is 0 Å². The molecule has 176 valence electrons. The standard InChI is InChI=1S/C27H40N2O3/c1-23(13-11-19-28(3)21-25-15-7-5-8-16-25)31-27(30)32-24(2)14-12-20-29(4)22-26-17-9-6-10-18-26/h5-10,15-18,23-24H,11-14,19-22H2,1-4H3. The zero-order chi connectivity index (χ0) is 23.2. The van der Waals surface area contributed by atoms with Gasteiger partial charge < -0.3 is 19.3 Å². The second-order valence-corrected chi connectivity index (χ2v) is 8.84. The summed E-state index contributed by atoms with van der Waals surface area (Å²) >= 11 is 0. The van der Waals surface area contributed by atoms with Gasteiger partial charge in [-0.25, -0.2) is 4.79 Å². The van der Waals surface area contributed by atoms with Gasteiger partial charge in [0, 0.05) is 13.1 Å². The predicted octanol–water partition coefficient (Wildman–Crippen LogP) is 5.74. The van der Waals surface area contributed by atoms with E-state index in [9.17, 15) is 4.79 Å². The maximum atomic E-state index is 12.1. The quantitative estimate of drug-likeness (QED) is 0.350. The molecule has 0 aliphatic rings. The summed E-state index contributed by atoms with van der Waals surface area (Å²) in [5.74, 6) is 0. The fourth-order valence-electron chi connectivity index (χ4n) is 3.72. The lowest BCUT2D eigenvalue weighted by atomic mass is 10.2. The largest absolute Gasteiger partial charge is 0.508 e. The van der Waals surface area contributed by atoms with E-state index in [0.29, 0.717) is 0 Å². The van der Waals surface area contributed by atoms with Crippen molar-refractivity contribution in [3.63, 3.8) is 0 Å². The minimum atomic E-state index is -0.555. The Hall–Kier alpha value is -2.37. The molecule has 0 radical (unpaired) electrons. The van der Waals surface area contributed by atoms with E-state index in [4.69, 9.17) is 9.47 Å². The summed E-state index contributed by atoms with van der Waals surface area (Å²) in [5.41, 5.74) is 2.62. The van der Waals surface area contributed by atoms with Gasteiger partial charge in [-0.3, -0.25) is 0 Å². The van der Waals surface area contributed by atoms with Gasteiger partial charge in [0.25, 0.3) is 0 Å². The van der Waals surface area contributed by atoms with Crippen LogP contribution in [0, 0.1) is 0 Å². The number of benzene rings is 2. The van der Waals surface area contributed by atoms with Crippen LogP contribution in [0.3, 0.4) is 0 Å². The summed E-state index contributed by atoms with van der Waals surface area (Å²) in [5, 5.41) is 0. The fraction of sp³-hybridized carbons (Fsp3) is 0.519. The molecule has 2 aromatic rings. The van der Waals surface area contributed by atoms with E-state index in [2.05, 4.69) is 72.4 Å². The molecule has 0 spiro atoms. The first-order valence-electron chi connectivity index (χ1n) is 11.7. The van der Waals surface area contributed by atoms with Crippen molar-refractivity contribution in [1.29, 1.82) is 0 Å². The minimum Gasteiger partial charge on any atom is -0.431 e. The first-order valence-corrected chi connectivity index (χ1v) is 11.7. The number of rotatable bonds is 14. The van der Waals surface area contributed by atoms with Crippen molar-refractivity contribution in [2.45, 2.75) is 64.8 Å². The third kappa shape index (κ3) is 11.3. The van der Waals surface area contributed by atoms with Crippen LogP contribution in [0.25, 0.3) is 0 Å². The predicted molar refractivity (Wildman–Crippen MR) is 131 cm³/mol. The molecule has 0 N–H and O–H groups in total. The van der Waals surface area contributed by atoms with Gasteiger partial charge in [0.15, 0.2) is 0 Å². The lowest BCUT2D eigenvalue weighted by molar-refractivity contribution is 0.00203. The molecule has 2 aromatic carbocycles. The van der Waals surface area contributed by atoms with E-state index < -0.39 is 6.16 Å². The highest BCUT2D eigenvalue weighted by Gasteiger charge is 2.15. The smallest absolute Gasteiger partial charge is 0.431 e. The Morgan fingerprint density at radius 3 is 1.47 bits per heavy atom. The van der Waals surface area contributed by atoms with Crippen molar-refractivity contribution in [2.24, 2.45) is 0 Å². The maximum absolute atomic E-state index is 12.1. The number of ether oxygens (including phenoxy) is 2. The van der Waals surface area contributed by atoms with Crippen molar-refractivity contribution >= 4 is 6.16 Å². The first kappa shape index (κ1) is 25.9. The van der Waals surface area contributed by atoms with E-state index in [0.717, 1.165) is 51.9 Å². The molecule has 0 fully saturated rings. The minimum absolute atomic E-state index is 0.142. The van der Waals surface area contributed by atoms with Crippen LogP contribution in [-0.4, -0.2) is 55.3 Å². The molecule has 2 rings (SSSR count). The van der Waals surface area contributed by atoms with Gasteiger partial charge >= 0.3 is 6.16 Å².